The first kappa shape index (κ1) is 12.4. The average molecular weight is 248 g/mol. The van der Waals surface area contributed by atoms with Gasteiger partial charge < -0.3 is 9.55 Å². The highest BCUT2D eigenvalue weighted by Gasteiger charge is 2.17. The van der Waals surface area contributed by atoms with Crippen molar-refractivity contribution in [1.29, 1.82) is 0 Å². The Balaban J connectivity index is 2.56. The van der Waals surface area contributed by atoms with Crippen molar-refractivity contribution >= 4 is 23.3 Å². The Hall–Kier alpha value is -1.09. The van der Waals surface area contributed by atoms with E-state index in [9.17, 15) is 0 Å². The molecule has 0 saturated heterocycles. The van der Waals surface area contributed by atoms with E-state index < -0.39 is 0 Å². The van der Waals surface area contributed by atoms with E-state index in [0.717, 1.165) is 23.3 Å². The Bertz CT molecular complexity index is 590. The zero-order chi connectivity index (χ0) is 12.6. The molecule has 0 radical (unpaired) electrons. The van der Waals surface area contributed by atoms with E-state index in [1.807, 2.05) is 0 Å². The Labute approximate surface area is 108 Å². The van der Waals surface area contributed by atoms with Crippen LogP contribution in [0.3, 0.4) is 0 Å². The molecule has 0 aliphatic heterocycles. The van der Waals surface area contributed by atoms with Crippen LogP contribution in [0, 0.1) is 17.1 Å². The van der Waals surface area contributed by atoms with Gasteiger partial charge in [-0.2, -0.15) is 0 Å². The predicted octanol–water partition coefficient (Wildman–Crippen LogP) is 4.44. The van der Waals surface area contributed by atoms with Gasteiger partial charge in [0, 0.05) is 6.54 Å². The number of fused-ring (bicyclic) bond motifs is 1. The first-order chi connectivity index (χ1) is 7.93. The molecule has 0 aliphatic rings. The van der Waals surface area contributed by atoms with Crippen LogP contribution in [0.4, 0.5) is 0 Å². The van der Waals surface area contributed by atoms with Gasteiger partial charge in [0.1, 0.15) is 0 Å². The van der Waals surface area contributed by atoms with E-state index in [0.29, 0.717) is 0 Å². The smallest absolute Gasteiger partial charge is 0.178 e. The summed E-state index contributed by atoms with van der Waals surface area (Å²) in [5, 5.41) is 0. The van der Waals surface area contributed by atoms with Crippen molar-refractivity contribution in [3.8, 4) is 0 Å². The number of imidazole rings is 1. The quantitative estimate of drug-likeness (QED) is 0.796. The molecule has 1 aromatic carbocycles. The molecule has 0 bridgehead atoms. The maximum Gasteiger partial charge on any atom is 0.178 e. The third kappa shape index (κ3) is 2.44. The van der Waals surface area contributed by atoms with E-state index in [2.05, 4.69) is 55.4 Å². The molecule has 2 aromatic rings. The van der Waals surface area contributed by atoms with Crippen molar-refractivity contribution in [1.82, 2.24) is 9.55 Å². The molecule has 92 valence electrons. The lowest BCUT2D eigenvalue weighted by Gasteiger charge is -2.23. The lowest BCUT2D eigenvalue weighted by atomic mass is 9.90. The van der Waals surface area contributed by atoms with Crippen LogP contribution in [0.15, 0.2) is 18.2 Å². The standard InChI is InChI=1S/C14H20N2S/c1-5-14(3,4)9-16-12-8-10(2)6-7-11(12)15-13(16)17/h6-8H,5,9H2,1-4H3,(H,15,17). The first-order valence-electron chi connectivity index (χ1n) is 6.12. The molecule has 1 heterocycles. The van der Waals surface area contributed by atoms with Gasteiger partial charge in [0.2, 0.25) is 0 Å². The number of benzene rings is 1. The number of hydrogen-bond donors (Lipinski definition) is 1. The number of nitrogens with one attached hydrogen (secondary N) is 1. The van der Waals surface area contributed by atoms with Gasteiger partial charge in [0.25, 0.3) is 0 Å². The Morgan fingerprint density at radius 1 is 1.35 bits per heavy atom. The number of H-pyrrole nitrogens is 1. The van der Waals surface area contributed by atoms with E-state index in [1.54, 1.807) is 0 Å². The van der Waals surface area contributed by atoms with Crippen molar-refractivity contribution in [2.75, 3.05) is 0 Å². The highest BCUT2D eigenvalue weighted by atomic mass is 32.1. The second-order valence-corrected chi connectivity index (χ2v) is 5.94. The van der Waals surface area contributed by atoms with E-state index in [-0.39, 0.29) is 5.41 Å². The average Bonchev–Trinajstić information content (AvgIpc) is 2.56. The summed E-state index contributed by atoms with van der Waals surface area (Å²) in [4.78, 5) is 3.28. The maximum atomic E-state index is 5.42. The van der Waals surface area contributed by atoms with E-state index in [1.165, 1.54) is 11.1 Å². The molecule has 0 aliphatic carbocycles. The summed E-state index contributed by atoms with van der Waals surface area (Å²) in [6.07, 6.45) is 1.15. The van der Waals surface area contributed by atoms with Gasteiger partial charge in [-0.3, -0.25) is 0 Å². The maximum absolute atomic E-state index is 5.42. The summed E-state index contributed by atoms with van der Waals surface area (Å²) >= 11 is 5.42. The van der Waals surface area contributed by atoms with Crippen molar-refractivity contribution in [3.05, 3.63) is 28.5 Å². The zero-order valence-corrected chi connectivity index (χ0v) is 11.8. The van der Waals surface area contributed by atoms with Crippen molar-refractivity contribution in [3.63, 3.8) is 0 Å². The minimum atomic E-state index is 0.275. The largest absolute Gasteiger partial charge is 0.331 e. The van der Waals surface area contributed by atoms with Gasteiger partial charge in [0.15, 0.2) is 4.77 Å². The molecule has 0 fully saturated rings. The molecule has 0 amide bonds. The monoisotopic (exact) mass is 248 g/mol. The fourth-order valence-corrected chi connectivity index (χ4v) is 2.23. The molecule has 1 N–H and O–H groups in total. The summed E-state index contributed by atoms with van der Waals surface area (Å²) in [5.41, 5.74) is 3.90. The minimum Gasteiger partial charge on any atom is -0.331 e. The number of aromatic nitrogens is 2. The highest BCUT2D eigenvalue weighted by Crippen LogP contribution is 2.25. The molecule has 0 atom stereocenters. The molecular formula is C14H20N2S. The molecule has 0 unspecified atom stereocenters. The number of aryl methyl sites for hydroxylation is 1. The van der Waals surface area contributed by atoms with Crippen LogP contribution in [0.2, 0.25) is 0 Å². The van der Waals surface area contributed by atoms with Crippen LogP contribution in [0.25, 0.3) is 11.0 Å². The second-order valence-electron chi connectivity index (χ2n) is 5.55. The summed E-state index contributed by atoms with van der Waals surface area (Å²) in [5.74, 6) is 0. The molecule has 3 heteroatoms. The fraction of sp³-hybridized carbons (Fsp3) is 0.500. The topological polar surface area (TPSA) is 20.7 Å². The second kappa shape index (κ2) is 4.30. The van der Waals surface area contributed by atoms with Crippen molar-refractivity contribution in [2.45, 2.75) is 40.7 Å². The van der Waals surface area contributed by atoms with Crippen LogP contribution in [0.1, 0.15) is 32.8 Å². The third-order valence-corrected chi connectivity index (χ3v) is 3.80. The molecule has 2 rings (SSSR count). The SMILES string of the molecule is CCC(C)(C)Cn1c(=S)[nH]c2ccc(C)cc21. The molecule has 1 aromatic heterocycles. The van der Waals surface area contributed by atoms with Gasteiger partial charge in [0.05, 0.1) is 11.0 Å². The van der Waals surface area contributed by atoms with Gasteiger partial charge in [-0.25, -0.2) is 0 Å². The molecular weight excluding hydrogens is 228 g/mol. The van der Waals surface area contributed by atoms with Gasteiger partial charge in [-0.15, -0.1) is 0 Å². The zero-order valence-electron chi connectivity index (χ0n) is 11.0. The van der Waals surface area contributed by atoms with Crippen LogP contribution < -0.4 is 0 Å². The molecule has 0 spiro atoms. The van der Waals surface area contributed by atoms with Gasteiger partial charge in [-0.1, -0.05) is 26.8 Å². The lowest BCUT2D eigenvalue weighted by molar-refractivity contribution is 0.297. The molecule has 17 heavy (non-hydrogen) atoms. The van der Waals surface area contributed by atoms with Crippen molar-refractivity contribution < 1.29 is 0 Å². The summed E-state index contributed by atoms with van der Waals surface area (Å²) in [7, 11) is 0. The predicted molar refractivity (Wildman–Crippen MR) is 75.9 cm³/mol. The van der Waals surface area contributed by atoms with Crippen molar-refractivity contribution in [2.24, 2.45) is 5.41 Å². The summed E-state index contributed by atoms with van der Waals surface area (Å²) in [6, 6.07) is 6.42. The van der Waals surface area contributed by atoms with E-state index in [4.69, 9.17) is 12.2 Å². The minimum absolute atomic E-state index is 0.275. The van der Waals surface area contributed by atoms with Crippen LogP contribution >= 0.6 is 12.2 Å². The number of nitrogens with zero attached hydrogens (tertiary/aromatic N) is 1. The molecule has 2 nitrogen and oxygen atoms in total. The highest BCUT2D eigenvalue weighted by molar-refractivity contribution is 7.71. The fourth-order valence-electron chi connectivity index (χ4n) is 1.96. The Kier molecular flexibility index (Phi) is 3.13. The van der Waals surface area contributed by atoms with Crippen LogP contribution in [-0.4, -0.2) is 9.55 Å². The Morgan fingerprint density at radius 2 is 2.06 bits per heavy atom. The Morgan fingerprint density at radius 3 is 2.71 bits per heavy atom. The van der Waals surface area contributed by atoms with Gasteiger partial charge in [-0.05, 0) is 48.7 Å². The van der Waals surface area contributed by atoms with Crippen LogP contribution in [0.5, 0.6) is 0 Å². The number of rotatable bonds is 3. The first-order valence-corrected chi connectivity index (χ1v) is 6.53. The normalized spacial score (nSPS) is 12.2. The molecule has 0 saturated carbocycles. The van der Waals surface area contributed by atoms with Crippen LogP contribution in [-0.2, 0) is 6.54 Å². The van der Waals surface area contributed by atoms with E-state index >= 15 is 0 Å². The summed E-state index contributed by atoms with van der Waals surface area (Å²) < 4.78 is 3.05. The lowest BCUT2D eigenvalue weighted by Crippen LogP contribution is -2.18. The summed E-state index contributed by atoms with van der Waals surface area (Å²) in [6.45, 7) is 9.87. The van der Waals surface area contributed by atoms with Gasteiger partial charge >= 0.3 is 0 Å². The number of aromatic amines is 1. The third-order valence-electron chi connectivity index (χ3n) is 3.47. The number of hydrogen-bond acceptors (Lipinski definition) is 1.